The van der Waals surface area contributed by atoms with Gasteiger partial charge in [-0.25, -0.2) is 0 Å². The van der Waals surface area contributed by atoms with Crippen molar-refractivity contribution in [3.8, 4) is 5.75 Å². The lowest BCUT2D eigenvalue weighted by atomic mass is 10.1. The van der Waals surface area contributed by atoms with E-state index in [0.29, 0.717) is 5.56 Å². The first-order valence-electron chi connectivity index (χ1n) is 4.14. The van der Waals surface area contributed by atoms with E-state index >= 15 is 0 Å². The zero-order chi connectivity index (χ0) is 10.6. The van der Waals surface area contributed by atoms with Gasteiger partial charge in [0.25, 0.3) is 0 Å². The number of hydrogen-bond donors (Lipinski definition) is 2. The molecule has 15 heavy (non-hydrogen) atoms. The number of halogens is 3. The average Bonchev–Trinajstić information content (AvgIpc) is 2.16. The lowest BCUT2D eigenvalue weighted by Gasteiger charge is -2.14. The fourth-order valence-electron chi connectivity index (χ4n) is 1.12. The van der Waals surface area contributed by atoms with Crippen molar-refractivity contribution in [2.45, 2.75) is 12.7 Å². The normalized spacial score (nSPS) is 12.1. The summed E-state index contributed by atoms with van der Waals surface area (Å²) in [6, 6.07) is 5.88. The molecule has 0 aliphatic heterocycles. The first kappa shape index (κ1) is 14.1. The molecular formula is C9H13ClF2N2O. The number of hydrogen-bond acceptors (Lipinski definition) is 3. The molecule has 0 heterocycles. The van der Waals surface area contributed by atoms with Gasteiger partial charge in [-0.3, -0.25) is 0 Å². The van der Waals surface area contributed by atoms with E-state index in [1.807, 2.05) is 0 Å². The Bertz CT molecular complexity index is 299. The van der Waals surface area contributed by atoms with Crippen molar-refractivity contribution in [2.24, 2.45) is 11.5 Å². The lowest BCUT2D eigenvalue weighted by molar-refractivity contribution is -0.0506. The molecule has 0 radical (unpaired) electrons. The number of nitrogens with two attached hydrogens (primary N) is 2. The Balaban J connectivity index is 0.00000196. The van der Waals surface area contributed by atoms with Crippen molar-refractivity contribution in [2.75, 3.05) is 6.54 Å². The number of benzene rings is 1. The van der Waals surface area contributed by atoms with Gasteiger partial charge >= 0.3 is 6.61 Å². The maximum atomic E-state index is 12.0. The van der Waals surface area contributed by atoms with Gasteiger partial charge in [0.2, 0.25) is 0 Å². The maximum absolute atomic E-state index is 12.0. The first-order valence-corrected chi connectivity index (χ1v) is 4.14. The molecular weight excluding hydrogens is 226 g/mol. The summed E-state index contributed by atoms with van der Waals surface area (Å²) in [6.45, 7) is -2.66. The van der Waals surface area contributed by atoms with Crippen molar-refractivity contribution in [1.82, 2.24) is 0 Å². The highest BCUT2D eigenvalue weighted by atomic mass is 35.5. The summed E-state index contributed by atoms with van der Waals surface area (Å²) >= 11 is 0. The molecule has 0 aliphatic carbocycles. The van der Waals surface area contributed by atoms with Gasteiger partial charge in [-0.1, -0.05) is 18.2 Å². The largest absolute Gasteiger partial charge is 0.434 e. The Morgan fingerprint density at radius 2 is 1.87 bits per heavy atom. The number of alkyl halides is 2. The summed E-state index contributed by atoms with van der Waals surface area (Å²) in [6.07, 6.45) is 0. The number of rotatable bonds is 4. The fraction of sp³-hybridized carbons (Fsp3) is 0.333. The van der Waals surface area contributed by atoms with Crippen LogP contribution in [0.5, 0.6) is 5.75 Å². The molecule has 0 amide bonds. The van der Waals surface area contributed by atoms with Gasteiger partial charge in [0, 0.05) is 18.2 Å². The summed E-state index contributed by atoms with van der Waals surface area (Å²) in [5.74, 6) is 0.0838. The van der Waals surface area contributed by atoms with Crippen LogP contribution in [0.15, 0.2) is 24.3 Å². The van der Waals surface area contributed by atoms with E-state index in [1.165, 1.54) is 6.07 Å². The molecule has 86 valence electrons. The van der Waals surface area contributed by atoms with Crippen molar-refractivity contribution in [3.05, 3.63) is 29.8 Å². The Kier molecular flexibility index (Phi) is 6.15. The Morgan fingerprint density at radius 1 is 1.27 bits per heavy atom. The van der Waals surface area contributed by atoms with E-state index in [0.717, 1.165) is 0 Å². The van der Waals surface area contributed by atoms with Crippen LogP contribution in [0.1, 0.15) is 11.6 Å². The molecule has 1 aromatic carbocycles. The molecule has 1 atom stereocenters. The summed E-state index contributed by atoms with van der Waals surface area (Å²) in [5, 5.41) is 0. The van der Waals surface area contributed by atoms with Gasteiger partial charge in [0.1, 0.15) is 5.75 Å². The van der Waals surface area contributed by atoms with Crippen molar-refractivity contribution in [1.29, 1.82) is 0 Å². The van der Waals surface area contributed by atoms with Gasteiger partial charge in [0.15, 0.2) is 0 Å². The van der Waals surface area contributed by atoms with Gasteiger partial charge in [-0.2, -0.15) is 8.78 Å². The quantitative estimate of drug-likeness (QED) is 0.839. The highest BCUT2D eigenvalue weighted by molar-refractivity contribution is 5.85. The molecule has 0 aromatic heterocycles. The van der Waals surface area contributed by atoms with Gasteiger partial charge < -0.3 is 16.2 Å². The molecule has 1 rings (SSSR count). The van der Waals surface area contributed by atoms with E-state index in [9.17, 15) is 8.78 Å². The molecule has 3 nitrogen and oxygen atoms in total. The Morgan fingerprint density at radius 3 is 2.40 bits per heavy atom. The van der Waals surface area contributed by atoms with Gasteiger partial charge in [-0.05, 0) is 6.07 Å². The highest BCUT2D eigenvalue weighted by Gasteiger charge is 2.13. The Labute approximate surface area is 92.8 Å². The van der Waals surface area contributed by atoms with Crippen LogP contribution < -0.4 is 16.2 Å². The number of ether oxygens (including phenoxy) is 1. The predicted molar refractivity (Wildman–Crippen MR) is 56.3 cm³/mol. The minimum atomic E-state index is -2.85. The van der Waals surface area contributed by atoms with Gasteiger partial charge in [-0.15, -0.1) is 12.4 Å². The van der Waals surface area contributed by atoms with Crippen LogP contribution in [0.25, 0.3) is 0 Å². The van der Waals surface area contributed by atoms with E-state index in [2.05, 4.69) is 4.74 Å². The summed E-state index contributed by atoms with van der Waals surface area (Å²) in [5.41, 5.74) is 11.5. The van der Waals surface area contributed by atoms with E-state index in [4.69, 9.17) is 11.5 Å². The molecule has 0 spiro atoms. The fourth-order valence-corrected chi connectivity index (χ4v) is 1.12. The van der Waals surface area contributed by atoms with Crippen LogP contribution in [0, 0.1) is 0 Å². The van der Waals surface area contributed by atoms with Crippen LogP contribution >= 0.6 is 12.4 Å². The van der Waals surface area contributed by atoms with E-state index < -0.39 is 12.7 Å². The summed E-state index contributed by atoms with van der Waals surface area (Å²) in [7, 11) is 0. The maximum Gasteiger partial charge on any atom is 0.387 e. The smallest absolute Gasteiger partial charge is 0.387 e. The van der Waals surface area contributed by atoms with Crippen LogP contribution in [0.4, 0.5) is 8.78 Å². The second kappa shape index (κ2) is 6.55. The standard InChI is InChI=1S/C9H12F2N2O.ClH/c10-9(11)14-8-4-2-1-3-6(8)7(13)5-12;/h1-4,7,9H,5,12-13H2;1H/t7-;/m1./s1. The molecule has 0 saturated carbocycles. The van der Waals surface area contributed by atoms with Crippen LogP contribution in [0.3, 0.4) is 0 Å². The summed E-state index contributed by atoms with van der Waals surface area (Å²) in [4.78, 5) is 0. The molecule has 4 N–H and O–H groups in total. The topological polar surface area (TPSA) is 61.3 Å². The molecule has 0 bridgehead atoms. The minimum Gasteiger partial charge on any atom is -0.434 e. The molecule has 0 fully saturated rings. The molecule has 0 aliphatic rings. The second-order valence-electron chi connectivity index (χ2n) is 2.76. The Hall–Kier alpha value is -0.910. The molecule has 0 unspecified atom stereocenters. The lowest BCUT2D eigenvalue weighted by Crippen LogP contribution is -2.21. The third-order valence-electron chi connectivity index (χ3n) is 1.79. The van der Waals surface area contributed by atoms with Crippen molar-refractivity contribution < 1.29 is 13.5 Å². The predicted octanol–water partition coefficient (Wildman–Crippen LogP) is 1.67. The van der Waals surface area contributed by atoms with Crippen LogP contribution in [-0.4, -0.2) is 13.2 Å². The average molecular weight is 239 g/mol. The van der Waals surface area contributed by atoms with Gasteiger partial charge in [0.05, 0.1) is 0 Å². The first-order chi connectivity index (χ1) is 6.65. The van der Waals surface area contributed by atoms with Crippen LogP contribution in [-0.2, 0) is 0 Å². The second-order valence-corrected chi connectivity index (χ2v) is 2.76. The zero-order valence-corrected chi connectivity index (χ0v) is 8.71. The summed E-state index contributed by atoms with van der Waals surface area (Å²) < 4.78 is 28.2. The van der Waals surface area contributed by atoms with Crippen LogP contribution in [0.2, 0.25) is 0 Å². The molecule has 6 heteroatoms. The van der Waals surface area contributed by atoms with E-state index in [-0.39, 0.29) is 24.7 Å². The monoisotopic (exact) mass is 238 g/mol. The molecule has 0 saturated heterocycles. The number of para-hydroxylation sites is 1. The third kappa shape index (κ3) is 3.99. The van der Waals surface area contributed by atoms with Crippen molar-refractivity contribution >= 4 is 12.4 Å². The molecule has 1 aromatic rings. The highest BCUT2D eigenvalue weighted by Crippen LogP contribution is 2.24. The van der Waals surface area contributed by atoms with Crippen molar-refractivity contribution in [3.63, 3.8) is 0 Å². The van der Waals surface area contributed by atoms with E-state index in [1.54, 1.807) is 18.2 Å². The SMILES string of the molecule is Cl.NC[C@@H](N)c1ccccc1OC(F)F. The zero-order valence-electron chi connectivity index (χ0n) is 7.90. The third-order valence-corrected chi connectivity index (χ3v) is 1.79. The minimum absolute atomic E-state index is 0.